The molecule has 0 aromatic heterocycles. The van der Waals surface area contributed by atoms with Crippen molar-refractivity contribution in [3.05, 3.63) is 11.3 Å². The van der Waals surface area contributed by atoms with Gasteiger partial charge in [-0.15, -0.1) is 0 Å². The SMILES string of the molecule is CC1=NC(C)(C)C(C)=C2CCCN12. The molecule has 2 heteroatoms. The van der Waals surface area contributed by atoms with Crippen LogP contribution in [0.4, 0.5) is 0 Å². The van der Waals surface area contributed by atoms with Crippen LogP contribution in [0.15, 0.2) is 16.3 Å². The molecule has 72 valence electrons. The standard InChI is InChI=1S/C11H18N2/c1-8-10-6-5-7-13(10)9(2)12-11(8,3)4/h5-7H2,1-4H3. The first-order chi connectivity index (χ1) is 6.02. The molecule has 2 aliphatic rings. The first-order valence-corrected chi connectivity index (χ1v) is 5.06. The molecule has 0 bridgehead atoms. The second-order valence-corrected chi connectivity index (χ2v) is 4.54. The molecular formula is C11H18N2. The molecule has 2 heterocycles. The highest BCUT2D eigenvalue weighted by atomic mass is 15.2. The summed E-state index contributed by atoms with van der Waals surface area (Å²) in [4.78, 5) is 7.10. The van der Waals surface area contributed by atoms with E-state index in [1.54, 1.807) is 0 Å². The lowest BCUT2D eigenvalue weighted by Crippen LogP contribution is -2.36. The van der Waals surface area contributed by atoms with Gasteiger partial charge in [0.1, 0.15) is 5.84 Å². The van der Waals surface area contributed by atoms with E-state index < -0.39 is 0 Å². The van der Waals surface area contributed by atoms with Crippen molar-refractivity contribution in [3.63, 3.8) is 0 Å². The zero-order valence-electron chi connectivity index (χ0n) is 9.02. The Labute approximate surface area is 80.3 Å². The van der Waals surface area contributed by atoms with E-state index in [0.29, 0.717) is 0 Å². The van der Waals surface area contributed by atoms with Gasteiger partial charge in [0.25, 0.3) is 0 Å². The quantitative estimate of drug-likeness (QED) is 0.556. The predicted molar refractivity (Wildman–Crippen MR) is 55.8 cm³/mol. The van der Waals surface area contributed by atoms with Gasteiger partial charge in [-0.3, -0.25) is 4.99 Å². The normalized spacial score (nSPS) is 26.2. The van der Waals surface area contributed by atoms with Crippen molar-refractivity contribution < 1.29 is 0 Å². The van der Waals surface area contributed by atoms with Crippen LogP contribution in [-0.4, -0.2) is 22.8 Å². The van der Waals surface area contributed by atoms with Crippen LogP contribution in [0.3, 0.4) is 0 Å². The number of aliphatic imine (C=N–C) groups is 1. The van der Waals surface area contributed by atoms with E-state index in [9.17, 15) is 0 Å². The maximum atomic E-state index is 4.72. The second kappa shape index (κ2) is 2.60. The minimum absolute atomic E-state index is 0.0280. The summed E-state index contributed by atoms with van der Waals surface area (Å²) < 4.78 is 0. The van der Waals surface area contributed by atoms with E-state index in [-0.39, 0.29) is 5.54 Å². The number of hydrogen-bond donors (Lipinski definition) is 0. The Morgan fingerprint density at radius 2 is 2.00 bits per heavy atom. The van der Waals surface area contributed by atoms with Gasteiger partial charge < -0.3 is 4.90 Å². The van der Waals surface area contributed by atoms with Crippen LogP contribution in [-0.2, 0) is 0 Å². The molecule has 2 aliphatic heterocycles. The molecule has 2 rings (SSSR count). The monoisotopic (exact) mass is 178 g/mol. The van der Waals surface area contributed by atoms with E-state index >= 15 is 0 Å². The van der Waals surface area contributed by atoms with E-state index in [2.05, 4.69) is 32.6 Å². The van der Waals surface area contributed by atoms with Gasteiger partial charge >= 0.3 is 0 Å². The highest BCUT2D eigenvalue weighted by molar-refractivity contribution is 5.84. The summed E-state index contributed by atoms with van der Waals surface area (Å²) in [5.41, 5.74) is 3.01. The second-order valence-electron chi connectivity index (χ2n) is 4.54. The minimum Gasteiger partial charge on any atom is -0.334 e. The van der Waals surface area contributed by atoms with Crippen LogP contribution in [0.2, 0.25) is 0 Å². The van der Waals surface area contributed by atoms with E-state index in [4.69, 9.17) is 4.99 Å². The van der Waals surface area contributed by atoms with Crippen molar-refractivity contribution in [3.8, 4) is 0 Å². The van der Waals surface area contributed by atoms with Gasteiger partial charge in [-0.05, 0) is 46.1 Å². The molecule has 0 saturated carbocycles. The third-order valence-electron chi connectivity index (χ3n) is 3.30. The van der Waals surface area contributed by atoms with Crippen LogP contribution in [0.25, 0.3) is 0 Å². The van der Waals surface area contributed by atoms with Gasteiger partial charge in [-0.1, -0.05) is 0 Å². The van der Waals surface area contributed by atoms with Gasteiger partial charge in [-0.2, -0.15) is 0 Å². The average molecular weight is 178 g/mol. The van der Waals surface area contributed by atoms with Gasteiger partial charge in [0, 0.05) is 12.2 Å². The molecule has 0 radical (unpaired) electrons. The van der Waals surface area contributed by atoms with Crippen molar-refractivity contribution in [1.82, 2.24) is 4.90 Å². The van der Waals surface area contributed by atoms with Crippen LogP contribution in [0.5, 0.6) is 0 Å². The largest absolute Gasteiger partial charge is 0.334 e. The lowest BCUT2D eigenvalue weighted by atomic mass is 9.92. The van der Waals surface area contributed by atoms with Crippen LogP contribution >= 0.6 is 0 Å². The fourth-order valence-electron chi connectivity index (χ4n) is 2.32. The Balaban J connectivity index is 2.47. The Kier molecular flexibility index (Phi) is 1.76. The van der Waals surface area contributed by atoms with Crippen LogP contribution in [0, 0.1) is 0 Å². The van der Waals surface area contributed by atoms with Gasteiger partial charge in [0.15, 0.2) is 0 Å². The molecule has 2 nitrogen and oxygen atoms in total. The summed E-state index contributed by atoms with van der Waals surface area (Å²) in [5, 5.41) is 0. The van der Waals surface area contributed by atoms with Crippen molar-refractivity contribution in [2.45, 2.75) is 46.1 Å². The maximum absolute atomic E-state index is 4.72. The number of rotatable bonds is 0. The molecule has 0 unspecified atom stereocenters. The molecule has 1 fully saturated rings. The summed E-state index contributed by atoms with van der Waals surface area (Å²) in [7, 11) is 0. The molecule has 0 aliphatic carbocycles. The molecule has 0 aromatic carbocycles. The highest BCUT2D eigenvalue weighted by Gasteiger charge is 2.33. The predicted octanol–water partition coefficient (Wildman–Crippen LogP) is 2.57. The number of amidine groups is 1. The first kappa shape index (κ1) is 8.79. The van der Waals surface area contributed by atoms with E-state index in [0.717, 1.165) is 6.54 Å². The van der Waals surface area contributed by atoms with Crippen molar-refractivity contribution in [2.24, 2.45) is 4.99 Å². The summed E-state index contributed by atoms with van der Waals surface area (Å²) in [6.45, 7) is 9.92. The average Bonchev–Trinajstić information content (AvgIpc) is 2.47. The Hall–Kier alpha value is -0.790. The molecule has 0 N–H and O–H groups in total. The minimum atomic E-state index is 0.0280. The molecular weight excluding hydrogens is 160 g/mol. The molecule has 0 aromatic rings. The third-order valence-corrected chi connectivity index (χ3v) is 3.30. The summed E-state index contributed by atoms with van der Waals surface area (Å²) in [6.07, 6.45) is 2.53. The fourth-order valence-corrected chi connectivity index (χ4v) is 2.32. The number of fused-ring (bicyclic) bond motifs is 1. The summed E-state index contributed by atoms with van der Waals surface area (Å²) >= 11 is 0. The molecule has 0 atom stereocenters. The smallest absolute Gasteiger partial charge is 0.101 e. The van der Waals surface area contributed by atoms with Gasteiger partial charge in [0.2, 0.25) is 0 Å². The molecule has 0 amide bonds. The van der Waals surface area contributed by atoms with Crippen LogP contribution in [0.1, 0.15) is 40.5 Å². The topological polar surface area (TPSA) is 15.6 Å². The molecule has 0 spiro atoms. The summed E-state index contributed by atoms with van der Waals surface area (Å²) in [6, 6.07) is 0. The first-order valence-electron chi connectivity index (χ1n) is 5.06. The number of nitrogens with zero attached hydrogens (tertiary/aromatic N) is 2. The Bertz CT molecular complexity index is 297. The van der Waals surface area contributed by atoms with Crippen LogP contribution < -0.4 is 0 Å². The van der Waals surface area contributed by atoms with Crippen molar-refractivity contribution in [1.29, 1.82) is 0 Å². The number of hydrogen-bond acceptors (Lipinski definition) is 2. The Morgan fingerprint density at radius 1 is 1.31 bits per heavy atom. The zero-order valence-corrected chi connectivity index (χ0v) is 9.02. The fraction of sp³-hybridized carbons (Fsp3) is 0.727. The van der Waals surface area contributed by atoms with E-state index in [1.807, 2.05) is 0 Å². The van der Waals surface area contributed by atoms with E-state index in [1.165, 1.54) is 29.9 Å². The van der Waals surface area contributed by atoms with Gasteiger partial charge in [0.05, 0.1) is 5.54 Å². The highest BCUT2D eigenvalue weighted by Crippen LogP contribution is 2.35. The van der Waals surface area contributed by atoms with Crippen molar-refractivity contribution in [2.75, 3.05) is 6.54 Å². The zero-order chi connectivity index (χ0) is 9.64. The summed E-state index contributed by atoms with van der Waals surface area (Å²) in [5.74, 6) is 1.20. The third kappa shape index (κ3) is 1.19. The Morgan fingerprint density at radius 3 is 2.69 bits per heavy atom. The molecule has 13 heavy (non-hydrogen) atoms. The number of allylic oxidation sites excluding steroid dienone is 1. The van der Waals surface area contributed by atoms with Gasteiger partial charge in [-0.25, -0.2) is 0 Å². The molecule has 1 saturated heterocycles. The maximum Gasteiger partial charge on any atom is 0.101 e. The lowest BCUT2D eigenvalue weighted by Gasteiger charge is -2.34. The lowest BCUT2D eigenvalue weighted by molar-refractivity contribution is 0.492. The van der Waals surface area contributed by atoms with Crippen molar-refractivity contribution >= 4 is 5.84 Å².